The summed E-state index contributed by atoms with van der Waals surface area (Å²) in [5.41, 5.74) is 1.28. The Morgan fingerprint density at radius 1 is 1.25 bits per heavy atom. The number of hydrogen-bond donors (Lipinski definition) is 0. The smallest absolute Gasteiger partial charge is 0.148 e. The second-order valence-electron chi connectivity index (χ2n) is 5.16. The molecule has 0 saturated carbocycles. The van der Waals surface area contributed by atoms with Gasteiger partial charge in [-0.25, -0.2) is 0 Å². The molecule has 0 bridgehead atoms. The normalized spacial score (nSPS) is 10.9. The number of terminal acetylenes is 1. The van der Waals surface area contributed by atoms with Crippen molar-refractivity contribution in [2.24, 2.45) is 0 Å². The molecule has 0 aliphatic heterocycles. The molecule has 0 aliphatic rings. The van der Waals surface area contributed by atoms with Crippen LogP contribution in [-0.4, -0.2) is 14.7 Å². The predicted molar refractivity (Wildman–Crippen MR) is 72.6 cm³/mol. The lowest BCUT2D eigenvalue weighted by atomic mass is 10.1. The van der Waals surface area contributed by atoms with Crippen molar-refractivity contribution in [3.63, 3.8) is 0 Å². The number of aryl methyl sites for hydroxylation is 1. The molecule has 0 radical (unpaired) electrons. The molecule has 0 amide bonds. The van der Waals surface area contributed by atoms with Crippen molar-refractivity contribution in [1.29, 1.82) is 0 Å². The monoisotopic (exact) mass is 232 g/mol. The van der Waals surface area contributed by atoms with E-state index < -0.39 is 8.07 Å². The van der Waals surface area contributed by atoms with Crippen LogP contribution in [0.1, 0.15) is 5.56 Å². The molecular weight excluding hydrogens is 212 g/mol. The van der Waals surface area contributed by atoms with E-state index >= 15 is 0 Å². The van der Waals surface area contributed by atoms with Crippen LogP contribution in [0.3, 0.4) is 0 Å². The molecule has 1 rings (SSSR count). The van der Waals surface area contributed by atoms with Crippen molar-refractivity contribution in [3.05, 3.63) is 29.8 Å². The molecular formula is C14H20OSi. The molecule has 16 heavy (non-hydrogen) atoms. The summed E-state index contributed by atoms with van der Waals surface area (Å²) in [4.78, 5) is 0. The average molecular weight is 232 g/mol. The van der Waals surface area contributed by atoms with Gasteiger partial charge in [0.15, 0.2) is 0 Å². The first-order chi connectivity index (χ1) is 7.53. The van der Waals surface area contributed by atoms with Crippen LogP contribution in [0.25, 0.3) is 0 Å². The van der Waals surface area contributed by atoms with Crippen LogP contribution in [0.4, 0.5) is 0 Å². The van der Waals surface area contributed by atoms with Gasteiger partial charge in [-0.3, -0.25) is 0 Å². The van der Waals surface area contributed by atoms with Crippen molar-refractivity contribution in [2.75, 3.05) is 6.61 Å². The van der Waals surface area contributed by atoms with Crippen LogP contribution in [-0.2, 0) is 6.42 Å². The average Bonchev–Trinajstić information content (AvgIpc) is 2.23. The second-order valence-corrected chi connectivity index (χ2v) is 10.8. The summed E-state index contributed by atoms with van der Waals surface area (Å²) >= 11 is 0. The molecule has 0 aliphatic carbocycles. The van der Waals surface area contributed by atoms with Crippen LogP contribution < -0.4 is 4.74 Å². The van der Waals surface area contributed by atoms with Crippen molar-refractivity contribution in [2.45, 2.75) is 32.1 Å². The SMILES string of the molecule is C#CCOc1ccccc1CC[Si](C)(C)C. The van der Waals surface area contributed by atoms with Crippen molar-refractivity contribution in [1.82, 2.24) is 0 Å². The summed E-state index contributed by atoms with van der Waals surface area (Å²) in [5.74, 6) is 3.45. The summed E-state index contributed by atoms with van der Waals surface area (Å²) in [6, 6.07) is 9.46. The number of benzene rings is 1. The maximum atomic E-state index is 5.53. The minimum atomic E-state index is -0.990. The highest BCUT2D eigenvalue weighted by molar-refractivity contribution is 6.76. The zero-order valence-corrected chi connectivity index (χ0v) is 11.4. The minimum Gasteiger partial charge on any atom is -0.481 e. The molecule has 1 nitrogen and oxygen atoms in total. The number of hydrogen-bond acceptors (Lipinski definition) is 1. The molecule has 0 fully saturated rings. The largest absolute Gasteiger partial charge is 0.481 e. The highest BCUT2D eigenvalue weighted by atomic mass is 28.3. The van der Waals surface area contributed by atoms with Gasteiger partial charge in [0, 0.05) is 8.07 Å². The summed E-state index contributed by atoms with van der Waals surface area (Å²) in [7, 11) is -0.990. The van der Waals surface area contributed by atoms with Gasteiger partial charge in [-0.15, -0.1) is 6.42 Å². The lowest BCUT2D eigenvalue weighted by Crippen LogP contribution is -2.20. The molecule has 0 unspecified atom stereocenters. The van der Waals surface area contributed by atoms with E-state index in [4.69, 9.17) is 11.2 Å². The van der Waals surface area contributed by atoms with Crippen LogP contribution in [0.2, 0.25) is 25.7 Å². The lowest BCUT2D eigenvalue weighted by Gasteiger charge is -2.16. The highest BCUT2D eigenvalue weighted by Crippen LogP contribution is 2.22. The van der Waals surface area contributed by atoms with Gasteiger partial charge in [0.25, 0.3) is 0 Å². The van der Waals surface area contributed by atoms with Crippen LogP contribution >= 0.6 is 0 Å². The molecule has 0 N–H and O–H groups in total. The van der Waals surface area contributed by atoms with Gasteiger partial charge in [-0.1, -0.05) is 49.8 Å². The lowest BCUT2D eigenvalue weighted by molar-refractivity contribution is 0.366. The van der Waals surface area contributed by atoms with Gasteiger partial charge >= 0.3 is 0 Å². The van der Waals surface area contributed by atoms with E-state index in [-0.39, 0.29) is 0 Å². The van der Waals surface area contributed by atoms with Crippen molar-refractivity contribution >= 4 is 8.07 Å². The van der Waals surface area contributed by atoms with E-state index in [1.165, 1.54) is 11.6 Å². The molecule has 1 aromatic rings. The van der Waals surface area contributed by atoms with E-state index in [0.717, 1.165) is 12.2 Å². The summed E-state index contributed by atoms with van der Waals surface area (Å²) in [5, 5.41) is 0. The van der Waals surface area contributed by atoms with Gasteiger partial charge in [0.1, 0.15) is 12.4 Å². The van der Waals surface area contributed by atoms with Gasteiger partial charge in [-0.2, -0.15) is 0 Å². The van der Waals surface area contributed by atoms with E-state index in [1.54, 1.807) is 0 Å². The van der Waals surface area contributed by atoms with Crippen LogP contribution in [0.5, 0.6) is 5.75 Å². The Hall–Kier alpha value is -1.20. The number of ether oxygens (including phenoxy) is 1. The molecule has 1 aromatic carbocycles. The van der Waals surface area contributed by atoms with E-state index in [9.17, 15) is 0 Å². The molecule has 0 aromatic heterocycles. The van der Waals surface area contributed by atoms with Gasteiger partial charge in [-0.05, 0) is 18.1 Å². The minimum absolute atomic E-state index is 0.351. The van der Waals surface area contributed by atoms with Crippen molar-refractivity contribution in [3.8, 4) is 18.1 Å². The summed E-state index contributed by atoms with van der Waals surface area (Å²) in [6.07, 6.45) is 6.30. The molecule has 2 heteroatoms. The standard InChI is InChI=1S/C14H20OSi/c1-5-11-15-14-9-7-6-8-13(14)10-12-16(2,3)4/h1,6-9H,10-12H2,2-4H3. The zero-order valence-electron chi connectivity index (χ0n) is 10.4. The van der Waals surface area contributed by atoms with Gasteiger partial charge in [0.05, 0.1) is 0 Å². The number of rotatable bonds is 5. The first-order valence-corrected chi connectivity index (χ1v) is 9.38. The second kappa shape index (κ2) is 5.76. The Kier molecular flexibility index (Phi) is 4.64. The van der Waals surface area contributed by atoms with Crippen LogP contribution in [0, 0.1) is 12.3 Å². The third kappa shape index (κ3) is 4.54. The number of para-hydroxylation sites is 1. The molecule has 0 heterocycles. The fraction of sp³-hybridized carbons (Fsp3) is 0.429. The topological polar surface area (TPSA) is 9.23 Å². The first-order valence-electron chi connectivity index (χ1n) is 5.67. The molecule has 0 saturated heterocycles. The Morgan fingerprint density at radius 3 is 2.56 bits per heavy atom. The predicted octanol–water partition coefficient (Wildman–Crippen LogP) is 3.58. The van der Waals surface area contributed by atoms with E-state index in [2.05, 4.69) is 37.7 Å². The fourth-order valence-electron chi connectivity index (χ4n) is 1.48. The maximum absolute atomic E-state index is 5.53. The zero-order chi connectivity index (χ0) is 12.0. The molecule has 0 atom stereocenters. The highest BCUT2D eigenvalue weighted by Gasteiger charge is 2.14. The Labute approximate surface area is 99.8 Å². The maximum Gasteiger partial charge on any atom is 0.148 e. The van der Waals surface area contributed by atoms with Crippen LogP contribution in [0.15, 0.2) is 24.3 Å². The first kappa shape index (κ1) is 12.9. The van der Waals surface area contributed by atoms with Crippen molar-refractivity contribution < 1.29 is 4.74 Å². The third-order valence-electron chi connectivity index (χ3n) is 2.43. The van der Waals surface area contributed by atoms with Gasteiger partial charge in [0.2, 0.25) is 0 Å². The fourth-order valence-corrected chi connectivity index (χ4v) is 2.50. The molecule has 0 spiro atoms. The van der Waals surface area contributed by atoms with Gasteiger partial charge < -0.3 is 4.74 Å². The quantitative estimate of drug-likeness (QED) is 0.557. The summed E-state index contributed by atoms with van der Waals surface area (Å²) in [6.45, 7) is 7.51. The Balaban J connectivity index is 2.68. The molecule has 86 valence electrons. The third-order valence-corrected chi connectivity index (χ3v) is 4.18. The van der Waals surface area contributed by atoms with E-state index in [1.807, 2.05) is 12.1 Å². The Bertz CT molecular complexity index is 371. The Morgan fingerprint density at radius 2 is 1.94 bits per heavy atom. The van der Waals surface area contributed by atoms with E-state index in [0.29, 0.717) is 6.61 Å². The summed E-state index contributed by atoms with van der Waals surface area (Å²) < 4.78 is 5.53.